The van der Waals surface area contributed by atoms with E-state index in [-0.39, 0.29) is 5.41 Å². The first kappa shape index (κ1) is 29.9. The molecule has 0 saturated carbocycles. The number of benzene rings is 8. The van der Waals surface area contributed by atoms with Gasteiger partial charge in [0.25, 0.3) is 0 Å². The largest absolute Gasteiger partial charge is 0.456 e. The lowest BCUT2D eigenvalue weighted by Crippen LogP contribution is -2.18. The zero-order valence-corrected chi connectivity index (χ0v) is 30.2. The molecule has 254 valence electrons. The van der Waals surface area contributed by atoms with Crippen molar-refractivity contribution in [3.8, 4) is 22.3 Å². The topological polar surface area (TPSA) is 18.1 Å². The van der Waals surface area contributed by atoms with Crippen molar-refractivity contribution in [2.24, 2.45) is 0 Å². The molecule has 12 rings (SSSR count). The van der Waals surface area contributed by atoms with Crippen molar-refractivity contribution in [1.82, 2.24) is 4.57 Å². The molecule has 0 saturated heterocycles. The Balaban J connectivity index is 1.11. The van der Waals surface area contributed by atoms with Crippen LogP contribution in [-0.4, -0.2) is 4.57 Å². The molecule has 0 bridgehead atoms. The van der Waals surface area contributed by atoms with Gasteiger partial charge in [-0.15, -0.1) is 0 Å². The van der Waals surface area contributed by atoms with Crippen molar-refractivity contribution in [3.63, 3.8) is 0 Å². The molecule has 2 aliphatic carbocycles. The summed E-state index contributed by atoms with van der Waals surface area (Å²) in [4.78, 5) is 0. The molecule has 0 atom stereocenters. The fourth-order valence-electron chi connectivity index (χ4n) is 9.82. The highest BCUT2D eigenvalue weighted by molar-refractivity contribution is 6.26. The third-order valence-electron chi connectivity index (χ3n) is 12.4. The van der Waals surface area contributed by atoms with Gasteiger partial charge in [0.05, 0.1) is 11.0 Å². The summed E-state index contributed by atoms with van der Waals surface area (Å²) in [5.74, 6) is 0. The first-order chi connectivity index (χ1) is 26.5. The van der Waals surface area contributed by atoms with Gasteiger partial charge in [0.2, 0.25) is 0 Å². The van der Waals surface area contributed by atoms with Crippen LogP contribution in [-0.2, 0) is 5.41 Å². The fourth-order valence-corrected chi connectivity index (χ4v) is 9.82. The van der Waals surface area contributed by atoms with E-state index in [1.807, 2.05) is 6.07 Å². The van der Waals surface area contributed by atoms with Gasteiger partial charge < -0.3 is 8.98 Å². The Kier molecular flexibility index (Phi) is 5.93. The number of hydrogen-bond donors (Lipinski definition) is 0. The molecule has 0 fully saturated rings. The molecule has 2 aliphatic rings. The fraction of sp³-hybridized carbons (Fsp3) is 0.0769. The van der Waals surface area contributed by atoms with Crippen molar-refractivity contribution in [2.45, 2.75) is 25.7 Å². The van der Waals surface area contributed by atoms with Crippen LogP contribution in [0.4, 0.5) is 0 Å². The Labute approximate surface area is 312 Å². The number of allylic oxidation sites excluding steroid dienone is 2. The Bertz CT molecular complexity index is 3400. The molecule has 0 spiro atoms. The minimum Gasteiger partial charge on any atom is -0.456 e. The van der Waals surface area contributed by atoms with Crippen LogP contribution in [0.25, 0.3) is 105 Å². The Morgan fingerprint density at radius 2 is 1.09 bits per heavy atom. The van der Waals surface area contributed by atoms with Gasteiger partial charge in [-0.3, -0.25) is 0 Å². The minimum absolute atomic E-state index is 0.0963. The summed E-state index contributed by atoms with van der Waals surface area (Å²) in [6, 6.07) is 54.1. The summed E-state index contributed by atoms with van der Waals surface area (Å²) in [5.41, 5.74) is 13.4. The molecule has 2 nitrogen and oxygen atoms in total. The molecular weight excluding hydrogens is 655 g/mol. The number of aromatic nitrogens is 1. The molecule has 0 N–H and O–H groups in total. The Morgan fingerprint density at radius 3 is 1.87 bits per heavy atom. The molecule has 2 aromatic heterocycles. The zero-order valence-electron chi connectivity index (χ0n) is 30.2. The van der Waals surface area contributed by atoms with Crippen LogP contribution in [0.1, 0.15) is 31.4 Å². The van der Waals surface area contributed by atoms with Gasteiger partial charge in [-0.05, 0) is 114 Å². The van der Waals surface area contributed by atoms with Crippen LogP contribution in [0.15, 0.2) is 156 Å². The lowest BCUT2D eigenvalue weighted by atomic mass is 9.82. The van der Waals surface area contributed by atoms with Crippen LogP contribution in [0.5, 0.6) is 0 Å². The van der Waals surface area contributed by atoms with Crippen molar-refractivity contribution >= 4 is 82.9 Å². The van der Waals surface area contributed by atoms with Crippen LogP contribution >= 0.6 is 0 Å². The van der Waals surface area contributed by atoms with E-state index in [2.05, 4.69) is 176 Å². The first-order valence-electron chi connectivity index (χ1n) is 19.0. The summed E-state index contributed by atoms with van der Waals surface area (Å²) >= 11 is 0. The molecule has 10 aromatic rings. The van der Waals surface area contributed by atoms with E-state index in [9.17, 15) is 0 Å². The van der Waals surface area contributed by atoms with Crippen molar-refractivity contribution in [1.29, 1.82) is 0 Å². The molecule has 2 heteroatoms. The summed E-state index contributed by atoms with van der Waals surface area (Å²) in [6.45, 7) is 4.74. The second-order valence-electron chi connectivity index (χ2n) is 15.6. The summed E-state index contributed by atoms with van der Waals surface area (Å²) < 4.78 is 8.85. The lowest BCUT2D eigenvalue weighted by Gasteiger charge is -2.21. The first-order valence-corrected chi connectivity index (χ1v) is 19.0. The van der Waals surface area contributed by atoms with Gasteiger partial charge in [0.1, 0.15) is 11.0 Å². The second-order valence-corrected chi connectivity index (χ2v) is 15.6. The molecule has 0 radical (unpaired) electrons. The second kappa shape index (κ2) is 10.7. The highest BCUT2D eigenvalue weighted by atomic mass is 16.3. The van der Waals surface area contributed by atoms with E-state index >= 15 is 0 Å². The maximum Gasteiger partial charge on any atom is 0.135 e. The smallest absolute Gasteiger partial charge is 0.135 e. The predicted molar refractivity (Wildman–Crippen MR) is 228 cm³/mol. The third kappa shape index (κ3) is 4.00. The molecule has 0 amide bonds. The van der Waals surface area contributed by atoms with Crippen molar-refractivity contribution < 1.29 is 4.42 Å². The number of para-hydroxylation sites is 1. The van der Waals surface area contributed by atoms with Gasteiger partial charge in [-0.1, -0.05) is 129 Å². The number of nitrogens with zero attached hydrogens (tertiary/aromatic N) is 1. The molecule has 2 heterocycles. The van der Waals surface area contributed by atoms with Gasteiger partial charge in [0.15, 0.2) is 0 Å². The number of furan rings is 1. The summed E-state index contributed by atoms with van der Waals surface area (Å²) in [7, 11) is 0. The highest BCUT2D eigenvalue weighted by Gasteiger charge is 2.36. The standard InChI is InChI=1S/C52H35NO/c1-52(2)46-17-9-7-15-39(46)43-29-45-44-28-32(31-19-23-38-36-13-4-3-11-34(36)35-12-5-6-14-37(35)42(38)27-31)20-25-48(44)53(49(45)30-47(43)52)33-21-24-41-40-16-8-10-18-50(40)54-51(41)26-22-33/h3-20,22-30H,21H2,1-2H3. The SMILES string of the molecule is CC1(C)c2ccccc2-c2cc3c4cc(-c5ccc6c7ccccc7c7ccccc7c6c5)ccc4n(C4=CC=c5oc6ccccc6c5=CC4)c3cc21. The van der Waals surface area contributed by atoms with E-state index in [0.717, 1.165) is 17.4 Å². The van der Waals surface area contributed by atoms with E-state index in [1.54, 1.807) is 0 Å². The summed E-state index contributed by atoms with van der Waals surface area (Å²) in [6.07, 6.45) is 7.57. The van der Waals surface area contributed by atoms with E-state index in [0.29, 0.717) is 0 Å². The van der Waals surface area contributed by atoms with Gasteiger partial charge in [0, 0.05) is 38.9 Å². The van der Waals surface area contributed by atoms with Gasteiger partial charge >= 0.3 is 0 Å². The number of fused-ring (bicyclic) bond motifs is 15. The molecule has 0 aliphatic heterocycles. The van der Waals surface area contributed by atoms with E-state index in [4.69, 9.17) is 4.42 Å². The lowest BCUT2D eigenvalue weighted by molar-refractivity contribution is 0.576. The number of hydrogen-bond acceptors (Lipinski definition) is 1. The quantitative estimate of drug-likeness (QED) is 0.165. The van der Waals surface area contributed by atoms with E-state index in [1.165, 1.54) is 104 Å². The predicted octanol–water partition coefficient (Wildman–Crippen LogP) is 12.5. The highest BCUT2D eigenvalue weighted by Crippen LogP contribution is 2.51. The van der Waals surface area contributed by atoms with Crippen LogP contribution < -0.4 is 10.6 Å². The molecule has 0 unspecified atom stereocenters. The van der Waals surface area contributed by atoms with Gasteiger partial charge in [-0.25, -0.2) is 0 Å². The minimum atomic E-state index is -0.0963. The maximum absolute atomic E-state index is 6.34. The average molecular weight is 690 g/mol. The van der Waals surface area contributed by atoms with E-state index < -0.39 is 0 Å². The molecule has 54 heavy (non-hydrogen) atoms. The Morgan fingerprint density at radius 1 is 0.481 bits per heavy atom. The average Bonchev–Trinajstić information content (AvgIpc) is 3.75. The van der Waals surface area contributed by atoms with Crippen molar-refractivity contribution in [3.05, 3.63) is 173 Å². The Hall–Kier alpha value is -6.64. The third-order valence-corrected chi connectivity index (χ3v) is 12.4. The van der Waals surface area contributed by atoms with Gasteiger partial charge in [-0.2, -0.15) is 0 Å². The van der Waals surface area contributed by atoms with Crippen LogP contribution in [0, 0.1) is 0 Å². The van der Waals surface area contributed by atoms with Crippen molar-refractivity contribution in [2.75, 3.05) is 0 Å². The summed E-state index contributed by atoms with van der Waals surface area (Å²) in [5, 5.41) is 12.7. The molecular formula is C52H35NO. The van der Waals surface area contributed by atoms with Crippen LogP contribution in [0.2, 0.25) is 0 Å². The number of rotatable bonds is 2. The molecule has 8 aromatic carbocycles. The van der Waals surface area contributed by atoms with Crippen LogP contribution in [0.3, 0.4) is 0 Å². The monoisotopic (exact) mass is 689 g/mol. The zero-order chi connectivity index (χ0) is 35.7. The normalized spacial score (nSPS) is 14.6. The maximum atomic E-state index is 6.34.